The molecular weight excluding hydrogens is 241 g/mol. The third-order valence-electron chi connectivity index (χ3n) is 1.93. The average molecular weight is 251 g/mol. The predicted molar refractivity (Wildman–Crippen MR) is 59.7 cm³/mol. The molecule has 1 rings (SSSR count). The molecule has 0 aliphatic carbocycles. The number of nitrogens with two attached hydrogens (primary N) is 1. The molecular formula is C11H10FN3O3. The summed E-state index contributed by atoms with van der Waals surface area (Å²) in [6, 6.07) is 4.90. The zero-order chi connectivity index (χ0) is 13.5. The van der Waals surface area contributed by atoms with Crippen LogP contribution >= 0.6 is 0 Å². The molecule has 0 fully saturated rings. The van der Waals surface area contributed by atoms with E-state index in [0.29, 0.717) is 0 Å². The van der Waals surface area contributed by atoms with Gasteiger partial charge in [-0.05, 0) is 18.2 Å². The van der Waals surface area contributed by atoms with Gasteiger partial charge in [-0.3, -0.25) is 4.79 Å². The zero-order valence-corrected chi connectivity index (χ0v) is 9.27. The van der Waals surface area contributed by atoms with Gasteiger partial charge < -0.3 is 15.8 Å². The van der Waals surface area contributed by atoms with Gasteiger partial charge in [-0.15, -0.1) is 0 Å². The first-order chi connectivity index (χ1) is 8.54. The van der Waals surface area contributed by atoms with Crippen LogP contribution in [0.25, 0.3) is 0 Å². The van der Waals surface area contributed by atoms with Crippen molar-refractivity contribution in [3.05, 3.63) is 29.6 Å². The van der Waals surface area contributed by atoms with Gasteiger partial charge in [0.1, 0.15) is 12.4 Å². The molecule has 0 bridgehead atoms. The summed E-state index contributed by atoms with van der Waals surface area (Å²) in [7, 11) is 0. The number of carbonyl (C=O) groups excluding carboxylic acids is 2. The number of amides is 1. The van der Waals surface area contributed by atoms with E-state index in [-0.39, 0.29) is 17.8 Å². The number of carbonyl (C=O) groups is 2. The maximum absolute atomic E-state index is 12.7. The summed E-state index contributed by atoms with van der Waals surface area (Å²) in [5, 5.41) is 10.4. The van der Waals surface area contributed by atoms with Crippen molar-refractivity contribution in [2.75, 3.05) is 18.9 Å². The monoisotopic (exact) mass is 251 g/mol. The average Bonchev–Trinajstić information content (AvgIpc) is 2.33. The minimum Gasteiger partial charge on any atom is -0.452 e. The largest absolute Gasteiger partial charge is 0.452 e. The first-order valence-corrected chi connectivity index (χ1v) is 4.90. The van der Waals surface area contributed by atoms with Gasteiger partial charge in [-0.25, -0.2) is 9.18 Å². The first-order valence-electron chi connectivity index (χ1n) is 4.90. The van der Waals surface area contributed by atoms with Gasteiger partial charge in [0, 0.05) is 5.69 Å². The van der Waals surface area contributed by atoms with E-state index < -0.39 is 24.3 Å². The summed E-state index contributed by atoms with van der Waals surface area (Å²) in [6.45, 7) is -0.702. The quantitative estimate of drug-likeness (QED) is 0.452. The number of rotatable bonds is 4. The Hall–Kier alpha value is -2.62. The van der Waals surface area contributed by atoms with Crippen LogP contribution in [0.3, 0.4) is 0 Å². The second-order valence-corrected chi connectivity index (χ2v) is 3.24. The summed E-state index contributed by atoms with van der Waals surface area (Å²) < 4.78 is 17.4. The number of nitrogens with zero attached hydrogens (tertiary/aromatic N) is 1. The standard InChI is InChI=1S/C11H10FN3O3/c12-7-1-2-8(9(14)5-7)11(17)18-6-10(16)15-4-3-13/h1-2,5H,4,6,14H2,(H,15,16). The zero-order valence-electron chi connectivity index (χ0n) is 9.27. The van der Waals surface area contributed by atoms with Gasteiger partial charge in [0.05, 0.1) is 11.6 Å². The third-order valence-corrected chi connectivity index (χ3v) is 1.93. The lowest BCUT2D eigenvalue weighted by atomic mass is 10.2. The highest BCUT2D eigenvalue weighted by atomic mass is 19.1. The van der Waals surface area contributed by atoms with Crippen molar-refractivity contribution in [3.8, 4) is 6.07 Å². The van der Waals surface area contributed by atoms with Crippen LogP contribution in [-0.2, 0) is 9.53 Å². The van der Waals surface area contributed by atoms with Gasteiger partial charge in [0.15, 0.2) is 6.61 Å². The van der Waals surface area contributed by atoms with Crippen LogP contribution in [0.15, 0.2) is 18.2 Å². The molecule has 0 radical (unpaired) electrons. The van der Waals surface area contributed by atoms with Crippen molar-refractivity contribution < 1.29 is 18.7 Å². The smallest absolute Gasteiger partial charge is 0.340 e. The minimum absolute atomic E-state index is 0.0236. The molecule has 6 nitrogen and oxygen atoms in total. The Morgan fingerprint density at radius 2 is 2.22 bits per heavy atom. The lowest BCUT2D eigenvalue weighted by Gasteiger charge is -2.06. The van der Waals surface area contributed by atoms with Gasteiger partial charge in [-0.2, -0.15) is 5.26 Å². The topological polar surface area (TPSA) is 105 Å². The number of nitrogens with one attached hydrogen (secondary N) is 1. The van der Waals surface area contributed by atoms with Crippen LogP contribution in [0.2, 0.25) is 0 Å². The van der Waals surface area contributed by atoms with Crippen LogP contribution < -0.4 is 11.1 Å². The number of halogens is 1. The molecule has 0 unspecified atom stereocenters. The van der Waals surface area contributed by atoms with E-state index in [4.69, 9.17) is 11.0 Å². The third kappa shape index (κ3) is 3.75. The number of nitriles is 1. The molecule has 1 aromatic rings. The molecule has 18 heavy (non-hydrogen) atoms. The Bertz CT molecular complexity index is 511. The summed E-state index contributed by atoms with van der Waals surface area (Å²) in [6.07, 6.45) is 0. The van der Waals surface area contributed by atoms with E-state index in [0.717, 1.165) is 12.1 Å². The Labute approximate surface area is 102 Å². The lowest BCUT2D eigenvalue weighted by Crippen LogP contribution is -2.29. The van der Waals surface area contributed by atoms with Crippen LogP contribution in [0.1, 0.15) is 10.4 Å². The number of benzene rings is 1. The molecule has 0 heterocycles. The van der Waals surface area contributed by atoms with E-state index in [1.165, 1.54) is 6.07 Å². The lowest BCUT2D eigenvalue weighted by molar-refractivity contribution is -0.123. The van der Waals surface area contributed by atoms with Crippen molar-refractivity contribution in [3.63, 3.8) is 0 Å². The number of nitrogen functional groups attached to an aromatic ring is 1. The van der Waals surface area contributed by atoms with Crippen LogP contribution in [0.4, 0.5) is 10.1 Å². The van der Waals surface area contributed by atoms with Crippen LogP contribution in [0.5, 0.6) is 0 Å². The molecule has 0 atom stereocenters. The molecule has 3 N–H and O–H groups in total. The highest BCUT2D eigenvalue weighted by Crippen LogP contribution is 2.14. The summed E-state index contributed by atoms with van der Waals surface area (Å²) >= 11 is 0. The fraction of sp³-hybridized carbons (Fsp3) is 0.182. The number of ether oxygens (including phenoxy) is 1. The highest BCUT2D eigenvalue weighted by molar-refractivity contribution is 5.96. The molecule has 0 spiro atoms. The normalized spacial score (nSPS) is 9.33. The van der Waals surface area contributed by atoms with Crippen LogP contribution in [-0.4, -0.2) is 25.0 Å². The second-order valence-electron chi connectivity index (χ2n) is 3.24. The molecule has 7 heteroatoms. The predicted octanol–water partition coefficient (Wildman–Crippen LogP) is 0.204. The fourth-order valence-electron chi connectivity index (χ4n) is 1.12. The highest BCUT2D eigenvalue weighted by Gasteiger charge is 2.13. The number of anilines is 1. The minimum atomic E-state index is -0.834. The number of hydrogen-bond acceptors (Lipinski definition) is 5. The van der Waals surface area contributed by atoms with Crippen molar-refractivity contribution >= 4 is 17.6 Å². The van der Waals surface area contributed by atoms with Crippen molar-refractivity contribution in [1.29, 1.82) is 5.26 Å². The molecule has 0 aliphatic rings. The van der Waals surface area contributed by atoms with Gasteiger partial charge in [0.2, 0.25) is 0 Å². The Kier molecular flexibility index (Phi) is 4.63. The number of hydrogen-bond donors (Lipinski definition) is 2. The molecule has 0 aromatic heterocycles. The number of esters is 1. The molecule has 1 aromatic carbocycles. The van der Waals surface area contributed by atoms with Crippen molar-refractivity contribution in [2.45, 2.75) is 0 Å². The Morgan fingerprint density at radius 3 is 2.83 bits per heavy atom. The second kappa shape index (κ2) is 6.20. The van der Waals surface area contributed by atoms with E-state index in [1.807, 2.05) is 0 Å². The Balaban J connectivity index is 2.56. The molecule has 0 saturated heterocycles. The molecule has 0 saturated carbocycles. The van der Waals surface area contributed by atoms with Gasteiger partial charge in [-0.1, -0.05) is 0 Å². The summed E-state index contributed by atoms with van der Waals surface area (Å²) in [5.41, 5.74) is 5.33. The van der Waals surface area contributed by atoms with E-state index >= 15 is 0 Å². The molecule has 0 aliphatic heterocycles. The molecule has 94 valence electrons. The summed E-state index contributed by atoms with van der Waals surface area (Å²) in [5.74, 6) is -2.01. The van der Waals surface area contributed by atoms with Crippen molar-refractivity contribution in [1.82, 2.24) is 5.32 Å². The van der Waals surface area contributed by atoms with E-state index in [1.54, 1.807) is 6.07 Å². The van der Waals surface area contributed by atoms with Crippen molar-refractivity contribution in [2.24, 2.45) is 0 Å². The fourth-order valence-corrected chi connectivity index (χ4v) is 1.12. The van der Waals surface area contributed by atoms with E-state index in [9.17, 15) is 14.0 Å². The SMILES string of the molecule is N#CCNC(=O)COC(=O)c1ccc(F)cc1N. The van der Waals surface area contributed by atoms with Gasteiger partial charge in [0.25, 0.3) is 5.91 Å². The molecule has 1 amide bonds. The van der Waals surface area contributed by atoms with E-state index in [2.05, 4.69) is 10.1 Å². The maximum Gasteiger partial charge on any atom is 0.340 e. The van der Waals surface area contributed by atoms with Gasteiger partial charge >= 0.3 is 5.97 Å². The Morgan fingerprint density at radius 1 is 1.50 bits per heavy atom. The first kappa shape index (κ1) is 13.4. The maximum atomic E-state index is 12.7. The summed E-state index contributed by atoms with van der Waals surface area (Å²) in [4.78, 5) is 22.5. The van der Waals surface area contributed by atoms with Crippen LogP contribution in [0, 0.1) is 17.1 Å².